The Balaban J connectivity index is 4.28. The van der Waals surface area contributed by atoms with Gasteiger partial charge in [-0.25, -0.2) is 4.79 Å². The van der Waals surface area contributed by atoms with E-state index in [1.54, 1.807) is 0 Å². The van der Waals surface area contributed by atoms with Crippen molar-refractivity contribution in [2.24, 2.45) is 0 Å². The fourth-order valence-corrected chi connectivity index (χ4v) is 6.80. The Labute approximate surface area is 380 Å². The SMILES string of the molecule is CC/C=C\C/C=C\C/C=C\C/C=C\CCCCCCCCCCCCC(=O)OC(COCCC(C(=O)O)[N+](C)(C)C)COC(=O)CCCCCCC/C=C\C/C=C\C/C=C\CC. The van der Waals surface area contributed by atoms with Crippen molar-refractivity contribution in [3.8, 4) is 0 Å². The number of carboxylic acid groups (broad SMARTS) is 1. The first-order valence-electron chi connectivity index (χ1n) is 24.6. The molecule has 0 rings (SSSR count). The van der Waals surface area contributed by atoms with E-state index in [0.717, 1.165) is 103 Å². The molecule has 0 aromatic heterocycles. The third-order valence-electron chi connectivity index (χ3n) is 10.5. The van der Waals surface area contributed by atoms with Gasteiger partial charge in [0.2, 0.25) is 0 Å². The summed E-state index contributed by atoms with van der Waals surface area (Å²) >= 11 is 0. The van der Waals surface area contributed by atoms with Gasteiger partial charge in [0.25, 0.3) is 0 Å². The molecule has 0 spiro atoms. The van der Waals surface area contributed by atoms with Gasteiger partial charge >= 0.3 is 17.9 Å². The van der Waals surface area contributed by atoms with Gasteiger partial charge in [0, 0.05) is 19.3 Å². The number of hydrogen-bond acceptors (Lipinski definition) is 6. The summed E-state index contributed by atoms with van der Waals surface area (Å²) in [7, 11) is 5.52. The Morgan fingerprint density at radius 3 is 1.26 bits per heavy atom. The van der Waals surface area contributed by atoms with Gasteiger partial charge in [0.05, 0.1) is 34.4 Å². The number of nitrogens with zero attached hydrogens (tertiary/aromatic N) is 1. The van der Waals surface area contributed by atoms with E-state index in [0.29, 0.717) is 19.3 Å². The minimum atomic E-state index is -0.881. The van der Waals surface area contributed by atoms with E-state index in [-0.39, 0.29) is 36.2 Å². The molecular weight excluding hydrogens is 775 g/mol. The third-order valence-corrected chi connectivity index (χ3v) is 10.5. The molecule has 2 unspecified atom stereocenters. The maximum atomic E-state index is 12.8. The van der Waals surface area contributed by atoms with E-state index in [1.807, 2.05) is 21.1 Å². The predicted octanol–water partition coefficient (Wildman–Crippen LogP) is 14.1. The average Bonchev–Trinajstić information content (AvgIpc) is 3.23. The molecule has 0 aliphatic rings. The molecule has 1 N–H and O–H groups in total. The molecule has 0 amide bonds. The second-order valence-electron chi connectivity index (χ2n) is 17.3. The van der Waals surface area contributed by atoms with E-state index in [2.05, 4.69) is 98.9 Å². The summed E-state index contributed by atoms with van der Waals surface area (Å²) < 4.78 is 17.3. The average molecular weight is 867 g/mol. The number of carboxylic acids is 1. The van der Waals surface area contributed by atoms with Crippen LogP contribution < -0.4 is 0 Å². The van der Waals surface area contributed by atoms with Crippen LogP contribution in [0.5, 0.6) is 0 Å². The minimum Gasteiger partial charge on any atom is -0.477 e. The van der Waals surface area contributed by atoms with Crippen LogP contribution in [0.2, 0.25) is 0 Å². The molecule has 8 heteroatoms. The fourth-order valence-electron chi connectivity index (χ4n) is 6.80. The van der Waals surface area contributed by atoms with Gasteiger partial charge in [0.15, 0.2) is 12.1 Å². The summed E-state index contributed by atoms with van der Waals surface area (Å²) in [5.41, 5.74) is 0. The van der Waals surface area contributed by atoms with Crippen LogP contribution in [0.3, 0.4) is 0 Å². The summed E-state index contributed by atoms with van der Waals surface area (Å²) in [6, 6.07) is -0.622. The number of carbonyl (C=O) groups is 3. The van der Waals surface area contributed by atoms with E-state index in [9.17, 15) is 19.5 Å². The fraction of sp³-hybridized carbons (Fsp3) is 0.685. The number of unbranched alkanes of at least 4 members (excludes halogenated alkanes) is 15. The monoisotopic (exact) mass is 867 g/mol. The molecule has 0 aliphatic carbocycles. The highest BCUT2D eigenvalue weighted by Gasteiger charge is 2.31. The number of allylic oxidation sites excluding steroid dienone is 14. The normalized spacial score (nSPS) is 13.6. The molecule has 8 nitrogen and oxygen atoms in total. The van der Waals surface area contributed by atoms with Gasteiger partial charge in [-0.2, -0.15) is 0 Å². The number of quaternary nitrogens is 1. The van der Waals surface area contributed by atoms with Crippen LogP contribution in [0, 0.1) is 0 Å². The highest BCUT2D eigenvalue weighted by atomic mass is 16.6. The number of esters is 2. The first-order chi connectivity index (χ1) is 30.1. The number of aliphatic carboxylic acids is 1. The molecule has 0 heterocycles. The molecule has 0 aromatic rings. The lowest BCUT2D eigenvalue weighted by molar-refractivity contribution is -0.887. The van der Waals surface area contributed by atoms with Crippen LogP contribution in [0.15, 0.2) is 85.1 Å². The van der Waals surface area contributed by atoms with Crippen LogP contribution in [0.1, 0.15) is 187 Å². The van der Waals surface area contributed by atoms with Crippen LogP contribution in [-0.4, -0.2) is 80.6 Å². The molecular formula is C54H92NO7+. The molecule has 0 saturated carbocycles. The van der Waals surface area contributed by atoms with Gasteiger partial charge in [-0.1, -0.05) is 170 Å². The van der Waals surface area contributed by atoms with Crippen molar-refractivity contribution >= 4 is 17.9 Å². The smallest absolute Gasteiger partial charge is 0.362 e. The Morgan fingerprint density at radius 1 is 0.484 bits per heavy atom. The Morgan fingerprint density at radius 2 is 0.855 bits per heavy atom. The molecule has 0 bridgehead atoms. The van der Waals surface area contributed by atoms with E-state index >= 15 is 0 Å². The van der Waals surface area contributed by atoms with Gasteiger partial charge in [-0.3, -0.25) is 9.59 Å². The van der Waals surface area contributed by atoms with Crippen molar-refractivity contribution in [2.75, 3.05) is 41.0 Å². The zero-order chi connectivity index (χ0) is 45.6. The van der Waals surface area contributed by atoms with Crippen LogP contribution in [-0.2, 0) is 28.6 Å². The van der Waals surface area contributed by atoms with Crippen LogP contribution in [0.4, 0.5) is 0 Å². The van der Waals surface area contributed by atoms with E-state index < -0.39 is 18.1 Å². The maximum Gasteiger partial charge on any atom is 0.362 e. The first kappa shape index (κ1) is 58.5. The number of carbonyl (C=O) groups excluding carboxylic acids is 2. The second-order valence-corrected chi connectivity index (χ2v) is 17.3. The van der Waals surface area contributed by atoms with Crippen molar-refractivity contribution in [1.29, 1.82) is 0 Å². The standard InChI is InChI=1S/C54H91NO7/c1-6-8-10-12-14-16-18-20-22-23-24-25-26-27-28-29-31-33-35-37-39-41-43-45-53(57)62-50(48-60-47-46-51(54(58)59)55(3,4)5)49-61-52(56)44-42-40-38-36-34-32-30-21-19-17-15-13-11-9-7-2/h8-11,14-17,20-22,24-25,30,50-51H,6-7,12-13,18-19,23,26-29,31-49H2,1-5H3/p+1/b10-8-,11-9-,16-14-,17-15-,22-20-,25-24-,30-21-. The van der Waals surface area contributed by atoms with Crippen molar-refractivity contribution < 1.29 is 38.2 Å². The summed E-state index contributed by atoms with van der Waals surface area (Å²) in [5, 5.41) is 9.64. The van der Waals surface area contributed by atoms with E-state index in [4.69, 9.17) is 14.2 Å². The third kappa shape index (κ3) is 41.8. The Hall–Kier alpha value is -3.49. The van der Waals surface area contributed by atoms with Crippen molar-refractivity contribution in [3.05, 3.63) is 85.1 Å². The molecule has 0 radical (unpaired) electrons. The molecule has 0 fully saturated rings. The molecule has 354 valence electrons. The summed E-state index contributed by atoms with van der Waals surface area (Å²) in [6.45, 7) is 4.49. The van der Waals surface area contributed by atoms with Crippen LogP contribution >= 0.6 is 0 Å². The van der Waals surface area contributed by atoms with Gasteiger partial charge in [-0.05, 0) is 83.5 Å². The predicted molar refractivity (Wildman–Crippen MR) is 261 cm³/mol. The number of likely N-dealkylation sites (N-methyl/N-ethyl adjacent to an activating group) is 1. The van der Waals surface area contributed by atoms with Crippen molar-refractivity contribution in [1.82, 2.24) is 0 Å². The molecule has 2 atom stereocenters. The largest absolute Gasteiger partial charge is 0.477 e. The Kier molecular flexibility index (Phi) is 41.6. The van der Waals surface area contributed by atoms with Crippen molar-refractivity contribution in [2.45, 2.75) is 199 Å². The number of hydrogen-bond donors (Lipinski definition) is 1. The topological polar surface area (TPSA) is 99.1 Å². The molecule has 0 aromatic carbocycles. The lowest BCUT2D eigenvalue weighted by atomic mass is 10.0. The molecule has 62 heavy (non-hydrogen) atoms. The van der Waals surface area contributed by atoms with E-state index in [1.165, 1.54) is 51.4 Å². The van der Waals surface area contributed by atoms with Gasteiger partial charge in [0.1, 0.15) is 6.61 Å². The minimum absolute atomic E-state index is 0.0496. The maximum absolute atomic E-state index is 12.8. The summed E-state index contributed by atoms with van der Waals surface area (Å²) in [6.07, 6.45) is 57.7. The first-order valence-corrected chi connectivity index (χ1v) is 24.6. The summed E-state index contributed by atoms with van der Waals surface area (Å²) in [5.74, 6) is -1.50. The Bertz CT molecular complexity index is 1290. The second kappa shape index (κ2) is 44.1. The number of ether oxygens (including phenoxy) is 3. The quantitative estimate of drug-likeness (QED) is 0.0282. The molecule has 0 saturated heterocycles. The number of rotatable bonds is 43. The van der Waals surface area contributed by atoms with Gasteiger partial charge in [-0.15, -0.1) is 0 Å². The lowest BCUT2D eigenvalue weighted by Crippen LogP contribution is -2.50. The highest BCUT2D eigenvalue weighted by molar-refractivity contribution is 5.72. The van der Waals surface area contributed by atoms with Gasteiger partial charge < -0.3 is 23.8 Å². The zero-order valence-electron chi connectivity index (χ0n) is 40.3. The van der Waals surface area contributed by atoms with Crippen LogP contribution in [0.25, 0.3) is 0 Å². The zero-order valence-corrected chi connectivity index (χ0v) is 40.3. The molecule has 0 aliphatic heterocycles. The lowest BCUT2D eigenvalue weighted by Gasteiger charge is -2.31. The highest BCUT2D eigenvalue weighted by Crippen LogP contribution is 2.14. The summed E-state index contributed by atoms with van der Waals surface area (Å²) in [4.78, 5) is 37.1. The van der Waals surface area contributed by atoms with Crippen molar-refractivity contribution in [3.63, 3.8) is 0 Å².